The molecule has 2 aliphatic heterocycles. The molecule has 2 aromatic rings. The number of hydrogen-bond acceptors (Lipinski definition) is 4. The molecule has 23 heavy (non-hydrogen) atoms. The predicted molar refractivity (Wildman–Crippen MR) is 84.0 cm³/mol. The van der Waals surface area contributed by atoms with E-state index in [1.54, 1.807) is 0 Å². The van der Waals surface area contributed by atoms with E-state index in [1.807, 2.05) is 11.0 Å². The van der Waals surface area contributed by atoms with E-state index in [9.17, 15) is 9.59 Å². The lowest BCUT2D eigenvalue weighted by atomic mass is 9.90. The lowest BCUT2D eigenvalue weighted by molar-refractivity contribution is 0.0726. The number of benzene rings is 1. The van der Waals surface area contributed by atoms with E-state index in [1.165, 1.54) is 11.6 Å². The van der Waals surface area contributed by atoms with Crippen LogP contribution in [-0.2, 0) is 0 Å². The summed E-state index contributed by atoms with van der Waals surface area (Å²) in [5.41, 5.74) is 0.916. The molecule has 1 aromatic heterocycles. The normalized spacial score (nSPS) is 27.3. The molecule has 0 saturated carbocycles. The summed E-state index contributed by atoms with van der Waals surface area (Å²) in [5, 5.41) is 2.18. The van der Waals surface area contributed by atoms with Gasteiger partial charge < -0.3 is 9.42 Å². The predicted octanol–water partition coefficient (Wildman–Crippen LogP) is 1.34. The zero-order valence-electron chi connectivity index (χ0n) is 12.9. The molecule has 2 aliphatic rings. The number of fused-ring (bicyclic) bond motifs is 1. The third kappa shape index (κ3) is 2.39. The minimum atomic E-state index is -0.380. The van der Waals surface area contributed by atoms with Crippen molar-refractivity contribution in [3.63, 3.8) is 0 Å². The number of rotatable bonds is 2. The number of likely N-dealkylation sites (tertiary alicyclic amines) is 2. The lowest BCUT2D eigenvalue weighted by Crippen LogP contribution is -2.33. The number of carbonyl (C=O) groups is 1. The molecule has 0 unspecified atom stereocenters. The molecular weight excluding hydrogens is 294 g/mol. The van der Waals surface area contributed by atoms with Crippen LogP contribution in [0.5, 0.6) is 0 Å². The Balaban J connectivity index is 1.56. The second-order valence-electron chi connectivity index (χ2n) is 6.51. The number of nitrogens with zero attached hydrogens (tertiary/aromatic N) is 2. The van der Waals surface area contributed by atoms with E-state index in [0.717, 1.165) is 6.54 Å². The van der Waals surface area contributed by atoms with Crippen LogP contribution in [0.4, 0.5) is 0 Å². The van der Waals surface area contributed by atoms with E-state index in [0.29, 0.717) is 31.0 Å². The molecule has 2 fully saturated rings. The molecule has 6 nitrogen and oxygen atoms in total. The molecule has 3 heterocycles. The van der Waals surface area contributed by atoms with Crippen LogP contribution in [0, 0.1) is 11.8 Å². The number of aromatic nitrogens is 1. The van der Waals surface area contributed by atoms with Crippen molar-refractivity contribution in [2.75, 3.05) is 26.7 Å². The van der Waals surface area contributed by atoms with Gasteiger partial charge in [0.1, 0.15) is 0 Å². The van der Waals surface area contributed by atoms with Crippen molar-refractivity contribution in [2.45, 2.75) is 6.04 Å². The summed E-state index contributed by atoms with van der Waals surface area (Å²) < 4.78 is 4.95. The number of aromatic amines is 1. The molecule has 3 atom stereocenters. The molecule has 0 radical (unpaired) electrons. The molecule has 6 heteroatoms. The fourth-order valence-corrected chi connectivity index (χ4v) is 4.12. The Morgan fingerprint density at radius 1 is 1.22 bits per heavy atom. The summed E-state index contributed by atoms with van der Waals surface area (Å²) in [5.74, 6) is 0.767. The zero-order chi connectivity index (χ0) is 16.0. The van der Waals surface area contributed by atoms with Gasteiger partial charge in [-0.2, -0.15) is 5.16 Å². The topological polar surface area (TPSA) is 69.6 Å². The molecule has 1 aromatic carbocycles. The monoisotopic (exact) mass is 313 g/mol. The summed E-state index contributed by atoms with van der Waals surface area (Å²) in [6.45, 7) is 2.39. The number of amides is 1. The first-order valence-corrected chi connectivity index (χ1v) is 7.86. The van der Waals surface area contributed by atoms with Crippen molar-refractivity contribution in [3.8, 4) is 0 Å². The number of nitrogens with one attached hydrogen (secondary N) is 1. The second kappa shape index (κ2) is 5.38. The van der Waals surface area contributed by atoms with Crippen LogP contribution in [0.1, 0.15) is 22.2 Å². The van der Waals surface area contributed by atoms with Gasteiger partial charge in [-0.05, 0) is 18.5 Å². The highest BCUT2D eigenvalue weighted by Crippen LogP contribution is 2.44. The molecular formula is C17H19N3O3. The van der Waals surface area contributed by atoms with E-state index < -0.39 is 0 Å². The van der Waals surface area contributed by atoms with Gasteiger partial charge >= 0.3 is 0 Å². The summed E-state index contributed by atoms with van der Waals surface area (Å²) in [6, 6.07) is 12.0. The van der Waals surface area contributed by atoms with Gasteiger partial charge in [-0.25, -0.2) is 0 Å². The first-order valence-electron chi connectivity index (χ1n) is 7.86. The van der Waals surface area contributed by atoms with E-state index in [-0.39, 0.29) is 17.2 Å². The molecule has 0 aliphatic carbocycles. The first kappa shape index (κ1) is 14.3. The van der Waals surface area contributed by atoms with Crippen molar-refractivity contribution in [1.29, 1.82) is 0 Å². The van der Waals surface area contributed by atoms with Gasteiger partial charge in [0, 0.05) is 31.6 Å². The highest BCUT2D eigenvalue weighted by atomic mass is 16.5. The Bertz CT molecular complexity index is 767. The average Bonchev–Trinajstić information content (AvgIpc) is 3.21. The van der Waals surface area contributed by atoms with Crippen LogP contribution in [0.2, 0.25) is 0 Å². The van der Waals surface area contributed by atoms with Gasteiger partial charge in [-0.3, -0.25) is 14.5 Å². The molecule has 0 spiro atoms. The van der Waals surface area contributed by atoms with E-state index in [4.69, 9.17) is 4.52 Å². The summed E-state index contributed by atoms with van der Waals surface area (Å²) in [4.78, 5) is 27.8. The molecule has 1 amide bonds. The highest BCUT2D eigenvalue weighted by molar-refractivity contribution is 5.91. The van der Waals surface area contributed by atoms with Crippen molar-refractivity contribution >= 4 is 5.91 Å². The van der Waals surface area contributed by atoms with Gasteiger partial charge in [-0.1, -0.05) is 30.3 Å². The number of H-pyrrole nitrogens is 1. The van der Waals surface area contributed by atoms with Crippen molar-refractivity contribution < 1.29 is 9.32 Å². The Morgan fingerprint density at radius 3 is 2.70 bits per heavy atom. The molecule has 120 valence electrons. The van der Waals surface area contributed by atoms with Crippen LogP contribution in [0.25, 0.3) is 0 Å². The van der Waals surface area contributed by atoms with Gasteiger partial charge in [0.05, 0.1) is 6.07 Å². The summed E-state index contributed by atoms with van der Waals surface area (Å²) in [6.07, 6.45) is 0. The maximum atomic E-state index is 12.5. The van der Waals surface area contributed by atoms with Gasteiger partial charge in [0.2, 0.25) is 5.76 Å². The second-order valence-corrected chi connectivity index (χ2v) is 6.51. The van der Waals surface area contributed by atoms with E-state index in [2.05, 4.69) is 41.4 Å². The third-order valence-electron chi connectivity index (χ3n) is 5.06. The van der Waals surface area contributed by atoms with E-state index >= 15 is 0 Å². The maximum absolute atomic E-state index is 12.5. The Kier molecular flexibility index (Phi) is 3.34. The fraction of sp³-hybridized carbons (Fsp3) is 0.412. The molecule has 0 bridgehead atoms. The highest BCUT2D eigenvalue weighted by Gasteiger charge is 2.47. The Morgan fingerprint density at radius 2 is 2.00 bits per heavy atom. The fourth-order valence-electron chi connectivity index (χ4n) is 4.12. The Labute approximate surface area is 133 Å². The van der Waals surface area contributed by atoms with Gasteiger partial charge in [0.25, 0.3) is 11.5 Å². The quantitative estimate of drug-likeness (QED) is 0.908. The standard InChI is InChI=1S/C17H19N3O3/c1-19-8-12-9-20(17(22)14-7-15(21)18-23-14)10-13(12)16(19)11-5-3-2-4-6-11/h2-7,12-13,16H,8-10H2,1H3,(H,18,21)/t12-,13+,16-/m0/s1. The minimum Gasteiger partial charge on any atom is -0.373 e. The maximum Gasteiger partial charge on any atom is 0.292 e. The van der Waals surface area contributed by atoms with Crippen LogP contribution in [0.3, 0.4) is 0 Å². The Hall–Kier alpha value is -2.34. The SMILES string of the molecule is CN1C[C@H]2CN(C(=O)c3cc(=O)[nH]o3)C[C@H]2[C@@H]1c1ccccc1. The molecule has 2 saturated heterocycles. The summed E-state index contributed by atoms with van der Waals surface area (Å²) >= 11 is 0. The zero-order valence-corrected chi connectivity index (χ0v) is 12.9. The number of hydrogen-bond donors (Lipinski definition) is 1. The third-order valence-corrected chi connectivity index (χ3v) is 5.06. The molecule has 1 N–H and O–H groups in total. The van der Waals surface area contributed by atoms with Crippen LogP contribution >= 0.6 is 0 Å². The van der Waals surface area contributed by atoms with Crippen LogP contribution < -0.4 is 5.56 Å². The number of carbonyl (C=O) groups excluding carboxylic acids is 1. The van der Waals surface area contributed by atoms with Gasteiger partial charge in [-0.15, -0.1) is 0 Å². The van der Waals surface area contributed by atoms with Crippen LogP contribution in [0.15, 0.2) is 45.7 Å². The smallest absolute Gasteiger partial charge is 0.292 e. The summed E-state index contributed by atoms with van der Waals surface area (Å²) in [7, 11) is 2.15. The minimum absolute atomic E-state index is 0.0968. The van der Waals surface area contributed by atoms with Gasteiger partial charge in [0.15, 0.2) is 0 Å². The van der Waals surface area contributed by atoms with Crippen molar-refractivity contribution in [1.82, 2.24) is 15.0 Å². The molecule has 4 rings (SSSR count). The van der Waals surface area contributed by atoms with Crippen molar-refractivity contribution in [2.24, 2.45) is 11.8 Å². The average molecular weight is 313 g/mol. The lowest BCUT2D eigenvalue weighted by Gasteiger charge is -2.26. The largest absolute Gasteiger partial charge is 0.373 e. The van der Waals surface area contributed by atoms with Crippen molar-refractivity contribution in [3.05, 3.63) is 58.1 Å². The first-order chi connectivity index (χ1) is 11.1. The van der Waals surface area contributed by atoms with Crippen LogP contribution in [-0.4, -0.2) is 47.5 Å².